The summed E-state index contributed by atoms with van der Waals surface area (Å²) in [5.41, 5.74) is 0. The van der Waals surface area contributed by atoms with Gasteiger partial charge in [0, 0.05) is 0 Å². The highest BCUT2D eigenvalue weighted by Crippen LogP contribution is 2.23. The monoisotopic (exact) mass is 187 g/mol. The lowest BCUT2D eigenvalue weighted by Crippen LogP contribution is -2.32. The lowest BCUT2D eigenvalue weighted by atomic mass is 10.2. The van der Waals surface area contributed by atoms with Crippen LogP contribution in [0.1, 0.15) is 13.8 Å². The predicted molar refractivity (Wildman–Crippen MR) is 36.0 cm³/mol. The summed E-state index contributed by atoms with van der Waals surface area (Å²) in [6.45, 7) is 3.24. The summed E-state index contributed by atoms with van der Waals surface area (Å²) in [7, 11) is 0. The summed E-state index contributed by atoms with van der Waals surface area (Å²) in [5, 5.41) is 0. The molecular formula is C7H11F4O. The molecule has 1 nitrogen and oxygen atoms in total. The standard InChI is InChI=1S/C7H11F4O/c1-5(2)3-12-4-7(10,11)6(8)9/h3,5-6H,4H2,1-2H3. The van der Waals surface area contributed by atoms with Crippen molar-refractivity contribution in [3.05, 3.63) is 6.61 Å². The third kappa shape index (κ3) is 4.54. The third-order valence-electron chi connectivity index (χ3n) is 0.963. The van der Waals surface area contributed by atoms with E-state index >= 15 is 0 Å². The molecule has 0 bridgehead atoms. The molecule has 0 rings (SSSR count). The minimum absolute atomic E-state index is 0.0570. The van der Waals surface area contributed by atoms with Crippen molar-refractivity contribution >= 4 is 0 Å². The molecule has 0 aliphatic carbocycles. The zero-order chi connectivity index (χ0) is 9.78. The normalized spacial score (nSPS) is 13.0. The topological polar surface area (TPSA) is 9.23 Å². The smallest absolute Gasteiger partial charge is 0.330 e. The van der Waals surface area contributed by atoms with Crippen LogP contribution in [-0.4, -0.2) is 19.0 Å². The van der Waals surface area contributed by atoms with E-state index in [1.165, 1.54) is 0 Å². The van der Waals surface area contributed by atoms with Crippen LogP contribution in [0.15, 0.2) is 0 Å². The minimum atomic E-state index is -4.05. The van der Waals surface area contributed by atoms with E-state index in [0.717, 1.165) is 6.61 Å². The van der Waals surface area contributed by atoms with Gasteiger partial charge in [-0.3, -0.25) is 0 Å². The molecule has 0 saturated carbocycles. The first kappa shape index (κ1) is 11.7. The maximum Gasteiger partial charge on any atom is 0.330 e. The van der Waals surface area contributed by atoms with Gasteiger partial charge in [0.25, 0.3) is 0 Å². The van der Waals surface area contributed by atoms with Gasteiger partial charge in [-0.25, -0.2) is 8.78 Å². The molecule has 5 heteroatoms. The first-order chi connectivity index (χ1) is 5.36. The lowest BCUT2D eigenvalue weighted by Gasteiger charge is -2.15. The van der Waals surface area contributed by atoms with Gasteiger partial charge >= 0.3 is 12.3 Å². The van der Waals surface area contributed by atoms with Gasteiger partial charge in [0.1, 0.15) is 6.61 Å². The van der Waals surface area contributed by atoms with Crippen LogP contribution in [0.5, 0.6) is 0 Å². The maximum atomic E-state index is 12.1. The Bertz CT molecular complexity index is 125. The first-order valence-electron chi connectivity index (χ1n) is 3.47. The molecule has 1 radical (unpaired) electrons. The minimum Gasteiger partial charge on any atom is -0.369 e. The molecule has 0 aromatic rings. The maximum absolute atomic E-state index is 12.1. The van der Waals surface area contributed by atoms with Crippen LogP contribution < -0.4 is 0 Å². The van der Waals surface area contributed by atoms with E-state index in [4.69, 9.17) is 0 Å². The van der Waals surface area contributed by atoms with Gasteiger partial charge in [-0.15, -0.1) is 0 Å². The number of halogens is 4. The van der Waals surface area contributed by atoms with Gasteiger partial charge in [-0.05, 0) is 5.92 Å². The summed E-state index contributed by atoms with van der Waals surface area (Å²) in [6, 6.07) is 0. The largest absolute Gasteiger partial charge is 0.369 e. The quantitative estimate of drug-likeness (QED) is 0.601. The number of hydrogen-bond donors (Lipinski definition) is 0. The number of alkyl halides is 4. The molecule has 0 unspecified atom stereocenters. The number of ether oxygens (including phenoxy) is 1. The lowest BCUT2D eigenvalue weighted by molar-refractivity contribution is -0.160. The fourth-order valence-electron chi connectivity index (χ4n) is 0.415. The van der Waals surface area contributed by atoms with Gasteiger partial charge in [0.2, 0.25) is 0 Å². The van der Waals surface area contributed by atoms with Gasteiger partial charge in [0.05, 0.1) is 6.61 Å². The van der Waals surface area contributed by atoms with Crippen molar-refractivity contribution in [3.8, 4) is 0 Å². The Kier molecular flexibility index (Phi) is 4.52. The van der Waals surface area contributed by atoms with Gasteiger partial charge in [-0.1, -0.05) is 13.8 Å². The Morgan fingerprint density at radius 3 is 2.17 bits per heavy atom. The van der Waals surface area contributed by atoms with Crippen LogP contribution in [0.4, 0.5) is 17.6 Å². The van der Waals surface area contributed by atoms with E-state index < -0.39 is 19.0 Å². The molecule has 0 aliphatic heterocycles. The van der Waals surface area contributed by atoms with Crippen LogP contribution >= 0.6 is 0 Å². The Hall–Kier alpha value is -0.320. The molecule has 0 amide bonds. The Morgan fingerprint density at radius 2 is 1.83 bits per heavy atom. The second-order valence-corrected chi connectivity index (χ2v) is 2.75. The summed E-state index contributed by atoms with van der Waals surface area (Å²) in [4.78, 5) is 0. The molecule has 0 atom stereocenters. The third-order valence-corrected chi connectivity index (χ3v) is 0.963. The molecule has 0 heterocycles. The molecule has 0 N–H and O–H groups in total. The van der Waals surface area contributed by atoms with Gasteiger partial charge in [0.15, 0.2) is 0 Å². The van der Waals surface area contributed by atoms with E-state index in [0.29, 0.717) is 0 Å². The zero-order valence-electron chi connectivity index (χ0n) is 6.86. The SMILES string of the molecule is CC(C)[CH]OCC(F)(F)C(F)F. The van der Waals surface area contributed by atoms with Crippen LogP contribution in [-0.2, 0) is 4.74 Å². The van der Waals surface area contributed by atoms with E-state index in [9.17, 15) is 17.6 Å². The molecule has 0 fully saturated rings. The van der Waals surface area contributed by atoms with Crippen LogP contribution in [0.2, 0.25) is 0 Å². The van der Waals surface area contributed by atoms with Crippen molar-refractivity contribution in [1.29, 1.82) is 0 Å². The fraction of sp³-hybridized carbons (Fsp3) is 0.857. The summed E-state index contributed by atoms with van der Waals surface area (Å²) in [6.07, 6.45) is -3.67. The van der Waals surface area contributed by atoms with Crippen molar-refractivity contribution in [2.45, 2.75) is 26.2 Å². The fourth-order valence-corrected chi connectivity index (χ4v) is 0.415. The highest BCUT2D eigenvalue weighted by molar-refractivity contribution is 4.69. The predicted octanol–water partition coefficient (Wildman–Crippen LogP) is 2.72. The van der Waals surface area contributed by atoms with Crippen LogP contribution in [0.3, 0.4) is 0 Å². The van der Waals surface area contributed by atoms with Crippen molar-refractivity contribution in [2.24, 2.45) is 5.92 Å². The van der Waals surface area contributed by atoms with Crippen LogP contribution in [0.25, 0.3) is 0 Å². The molecule has 73 valence electrons. The number of hydrogen-bond acceptors (Lipinski definition) is 1. The van der Waals surface area contributed by atoms with Crippen molar-refractivity contribution in [1.82, 2.24) is 0 Å². The first-order valence-corrected chi connectivity index (χ1v) is 3.47. The Morgan fingerprint density at radius 1 is 1.33 bits per heavy atom. The highest BCUT2D eigenvalue weighted by Gasteiger charge is 2.40. The molecule has 0 aromatic heterocycles. The highest BCUT2D eigenvalue weighted by atomic mass is 19.3. The summed E-state index contributed by atoms with van der Waals surface area (Å²) >= 11 is 0. The van der Waals surface area contributed by atoms with E-state index in [2.05, 4.69) is 4.74 Å². The zero-order valence-corrected chi connectivity index (χ0v) is 6.86. The van der Waals surface area contributed by atoms with Crippen molar-refractivity contribution in [3.63, 3.8) is 0 Å². The van der Waals surface area contributed by atoms with Crippen molar-refractivity contribution < 1.29 is 22.3 Å². The second kappa shape index (κ2) is 4.64. The molecule has 0 spiro atoms. The van der Waals surface area contributed by atoms with Crippen molar-refractivity contribution in [2.75, 3.05) is 6.61 Å². The molecular weight excluding hydrogens is 176 g/mol. The molecule has 0 saturated heterocycles. The van der Waals surface area contributed by atoms with Crippen LogP contribution in [0, 0.1) is 12.5 Å². The number of rotatable bonds is 5. The summed E-state index contributed by atoms with van der Waals surface area (Å²) < 4.78 is 51.5. The molecule has 12 heavy (non-hydrogen) atoms. The average molecular weight is 187 g/mol. The average Bonchev–Trinajstić information content (AvgIpc) is 1.85. The van der Waals surface area contributed by atoms with E-state index in [-0.39, 0.29) is 5.92 Å². The van der Waals surface area contributed by atoms with E-state index in [1.54, 1.807) is 13.8 Å². The van der Waals surface area contributed by atoms with Gasteiger partial charge in [-0.2, -0.15) is 8.78 Å². The summed E-state index contributed by atoms with van der Waals surface area (Å²) in [5.74, 6) is -4.11. The molecule has 0 aromatic carbocycles. The van der Waals surface area contributed by atoms with Gasteiger partial charge < -0.3 is 4.74 Å². The molecule has 0 aliphatic rings. The van der Waals surface area contributed by atoms with E-state index in [1.807, 2.05) is 0 Å². The second-order valence-electron chi connectivity index (χ2n) is 2.75. The Balaban J connectivity index is 3.61. The Labute approximate surface area is 68.7 Å².